The normalized spacial score (nSPS) is 18.7. The minimum Gasteiger partial charge on any atom is -0.303 e. The topological polar surface area (TPSA) is 82.5 Å². The van der Waals surface area contributed by atoms with Crippen molar-refractivity contribution in [2.45, 2.75) is 13.3 Å². The zero-order valence-electron chi connectivity index (χ0n) is 9.45. The van der Waals surface area contributed by atoms with E-state index in [1.807, 2.05) is 6.92 Å². The monoisotopic (exact) mass is 276 g/mol. The summed E-state index contributed by atoms with van der Waals surface area (Å²) in [5, 5.41) is 18.5. The molecule has 2 rings (SSSR count). The molecule has 7 heteroatoms. The molecule has 2 heterocycles. The van der Waals surface area contributed by atoms with Gasteiger partial charge in [0.25, 0.3) is 0 Å². The summed E-state index contributed by atoms with van der Waals surface area (Å²) in [6.07, 6.45) is 5.35. The molecule has 1 aromatic rings. The van der Waals surface area contributed by atoms with Crippen LogP contribution in [0.5, 0.6) is 0 Å². The first-order chi connectivity index (χ1) is 8.78. The van der Waals surface area contributed by atoms with Gasteiger partial charge in [0, 0.05) is 17.3 Å². The number of allylic oxidation sites excluding steroid dienone is 4. The molecule has 0 saturated carbocycles. The highest BCUT2D eigenvalue weighted by Gasteiger charge is 2.30. The summed E-state index contributed by atoms with van der Waals surface area (Å²) in [5.41, 5.74) is 0.930. The van der Waals surface area contributed by atoms with Gasteiger partial charge in [0.1, 0.15) is 27.3 Å². The van der Waals surface area contributed by atoms with E-state index in [4.69, 9.17) is 0 Å². The molecule has 18 heavy (non-hydrogen) atoms. The molecule has 5 nitrogen and oxygen atoms in total. The summed E-state index contributed by atoms with van der Waals surface area (Å²) in [6.45, 7) is 1.88. The molecule has 1 unspecified atom stereocenters. The maximum absolute atomic E-state index is 11.2. The highest BCUT2D eigenvalue weighted by atomic mass is 32.8. The predicted molar refractivity (Wildman–Crippen MR) is 69.5 cm³/mol. The maximum atomic E-state index is 11.2. The molecule has 0 aromatic carbocycles. The Morgan fingerprint density at radius 3 is 2.72 bits per heavy atom. The summed E-state index contributed by atoms with van der Waals surface area (Å²) in [7, 11) is -0.494. The van der Waals surface area contributed by atoms with Crippen LogP contribution < -0.4 is 0 Å². The lowest BCUT2D eigenvalue weighted by atomic mass is 10.1. The summed E-state index contributed by atoms with van der Waals surface area (Å²) >= 11 is 0. The Labute approximate surface area is 109 Å². The van der Waals surface area contributed by atoms with E-state index in [2.05, 4.69) is 17.1 Å². The van der Waals surface area contributed by atoms with Gasteiger partial charge in [0.05, 0.1) is 17.6 Å². The second-order valence-corrected chi connectivity index (χ2v) is 6.34. The Morgan fingerprint density at radius 2 is 2.28 bits per heavy atom. The fraction of sp³-hybridized carbons (Fsp3) is 0.182. The third-order valence-corrected chi connectivity index (χ3v) is 5.75. The Morgan fingerprint density at radius 1 is 1.50 bits per heavy atom. The number of hydrogen-bond acceptors (Lipinski definition) is 4. The number of nitrogens with zero attached hydrogens (tertiary/aromatic N) is 4. The van der Waals surface area contributed by atoms with Crippen molar-refractivity contribution < 1.29 is 4.21 Å². The summed E-state index contributed by atoms with van der Waals surface area (Å²) in [6, 6.07) is 4.17. The molecule has 0 saturated heterocycles. The van der Waals surface area contributed by atoms with Crippen LogP contribution in [0.25, 0.3) is 5.70 Å². The SMILES string of the molecule is CCC1=C(C#N)C(n2ccnc2)=C(C#N)S1=S=O. The van der Waals surface area contributed by atoms with Crippen molar-refractivity contribution >= 4 is 25.4 Å². The van der Waals surface area contributed by atoms with Crippen LogP contribution in [-0.4, -0.2) is 13.8 Å². The minimum atomic E-state index is -0.866. The molecule has 1 atom stereocenters. The zero-order valence-corrected chi connectivity index (χ0v) is 11.1. The Bertz CT molecular complexity index is 694. The molecule has 0 spiro atoms. The van der Waals surface area contributed by atoms with Gasteiger partial charge < -0.3 is 4.57 Å². The standard InChI is InChI=1S/C11H8N4OS2/c1-2-9-8(5-12)11(15-4-3-14-7-15)10(6-13)18(9)17-16/h3-4,7H,2H2,1H3. The van der Waals surface area contributed by atoms with Crippen LogP contribution in [0.2, 0.25) is 0 Å². The van der Waals surface area contributed by atoms with Crippen LogP contribution in [-0.2, 0) is 19.7 Å². The van der Waals surface area contributed by atoms with Crippen molar-refractivity contribution in [2.24, 2.45) is 0 Å². The van der Waals surface area contributed by atoms with E-state index >= 15 is 0 Å². The van der Waals surface area contributed by atoms with E-state index in [-0.39, 0.29) is 0 Å². The number of hydrogen-bond donors (Lipinski definition) is 0. The first kappa shape index (κ1) is 12.5. The van der Waals surface area contributed by atoms with E-state index in [0.29, 0.717) is 32.8 Å². The molecule has 1 aromatic heterocycles. The fourth-order valence-corrected chi connectivity index (χ4v) is 4.63. The lowest BCUT2D eigenvalue weighted by molar-refractivity contribution is 0.701. The maximum Gasteiger partial charge on any atom is 0.130 e. The smallest absolute Gasteiger partial charge is 0.130 e. The van der Waals surface area contributed by atoms with Crippen LogP contribution in [0.3, 0.4) is 0 Å². The lowest BCUT2D eigenvalue weighted by Crippen LogP contribution is -1.97. The van der Waals surface area contributed by atoms with E-state index in [1.165, 1.54) is 6.33 Å². The quantitative estimate of drug-likeness (QED) is 0.820. The molecular weight excluding hydrogens is 268 g/mol. The number of nitriles is 2. The average molecular weight is 276 g/mol. The van der Waals surface area contributed by atoms with Crippen LogP contribution in [0, 0.1) is 22.7 Å². The summed E-state index contributed by atoms with van der Waals surface area (Å²) < 4.78 is 12.8. The molecule has 0 amide bonds. The summed E-state index contributed by atoms with van der Waals surface area (Å²) in [5.74, 6) is 0. The molecule has 0 aliphatic carbocycles. The molecule has 0 N–H and O–H groups in total. The lowest BCUT2D eigenvalue weighted by Gasteiger charge is -2.02. The van der Waals surface area contributed by atoms with E-state index < -0.39 is 9.45 Å². The van der Waals surface area contributed by atoms with Crippen molar-refractivity contribution in [3.63, 3.8) is 0 Å². The molecule has 1 aliphatic heterocycles. The largest absolute Gasteiger partial charge is 0.303 e. The van der Waals surface area contributed by atoms with Gasteiger partial charge in [-0.25, -0.2) is 9.19 Å². The van der Waals surface area contributed by atoms with Gasteiger partial charge in [0.15, 0.2) is 0 Å². The molecule has 0 radical (unpaired) electrons. The first-order valence-corrected chi connectivity index (χ1v) is 7.57. The third-order valence-electron chi connectivity index (χ3n) is 2.51. The van der Waals surface area contributed by atoms with Crippen LogP contribution in [0.1, 0.15) is 13.3 Å². The number of imidazole rings is 1. The van der Waals surface area contributed by atoms with Gasteiger partial charge in [-0.05, 0) is 15.9 Å². The Balaban J connectivity index is 2.81. The van der Waals surface area contributed by atoms with Gasteiger partial charge in [-0.2, -0.15) is 10.5 Å². The van der Waals surface area contributed by atoms with Crippen LogP contribution in [0.15, 0.2) is 34.1 Å². The van der Waals surface area contributed by atoms with E-state index in [0.717, 1.165) is 4.91 Å². The molecule has 0 bridgehead atoms. The molecule has 1 aliphatic rings. The van der Waals surface area contributed by atoms with Gasteiger partial charge in [-0.15, -0.1) is 0 Å². The van der Waals surface area contributed by atoms with E-state index in [1.54, 1.807) is 17.0 Å². The fourth-order valence-electron chi connectivity index (χ4n) is 1.78. The third kappa shape index (κ3) is 1.74. The van der Waals surface area contributed by atoms with Crippen LogP contribution in [0.4, 0.5) is 0 Å². The highest BCUT2D eigenvalue weighted by molar-refractivity contribution is 8.35. The predicted octanol–water partition coefficient (Wildman–Crippen LogP) is 1.52. The van der Waals surface area contributed by atoms with E-state index in [9.17, 15) is 14.7 Å². The van der Waals surface area contributed by atoms with Gasteiger partial charge in [-0.1, -0.05) is 6.92 Å². The van der Waals surface area contributed by atoms with Crippen LogP contribution >= 0.6 is 0 Å². The van der Waals surface area contributed by atoms with Crippen molar-refractivity contribution in [1.29, 1.82) is 10.5 Å². The van der Waals surface area contributed by atoms with Gasteiger partial charge >= 0.3 is 0 Å². The minimum absolute atomic E-state index is 0.362. The summed E-state index contributed by atoms with van der Waals surface area (Å²) in [4.78, 5) is 5.02. The second-order valence-electron chi connectivity index (χ2n) is 3.36. The van der Waals surface area contributed by atoms with Crippen molar-refractivity contribution in [1.82, 2.24) is 9.55 Å². The van der Waals surface area contributed by atoms with Crippen molar-refractivity contribution in [2.75, 3.05) is 0 Å². The van der Waals surface area contributed by atoms with Crippen molar-refractivity contribution in [3.05, 3.63) is 34.1 Å². The van der Waals surface area contributed by atoms with Gasteiger partial charge in [0.2, 0.25) is 0 Å². The highest BCUT2D eigenvalue weighted by Crippen LogP contribution is 2.37. The van der Waals surface area contributed by atoms with Gasteiger partial charge in [-0.3, -0.25) is 0 Å². The number of aromatic nitrogens is 2. The first-order valence-electron chi connectivity index (χ1n) is 5.09. The Kier molecular flexibility index (Phi) is 3.56. The molecular formula is C11H8N4OS2. The Hall–Kier alpha value is -1.96. The number of rotatable bonds is 2. The second kappa shape index (κ2) is 5.13. The van der Waals surface area contributed by atoms with Crippen molar-refractivity contribution in [3.8, 4) is 12.1 Å². The molecule has 90 valence electrons. The average Bonchev–Trinajstić information content (AvgIpc) is 3.01. The zero-order chi connectivity index (χ0) is 13.1. The molecule has 0 fully saturated rings.